The predicted molar refractivity (Wildman–Crippen MR) is 173 cm³/mol. The summed E-state index contributed by atoms with van der Waals surface area (Å²) in [7, 11) is -2.59. The van der Waals surface area contributed by atoms with Crippen molar-refractivity contribution in [1.29, 1.82) is 0 Å². The van der Waals surface area contributed by atoms with Crippen molar-refractivity contribution in [1.82, 2.24) is 9.97 Å². The largest absolute Gasteiger partial charge is 0.494 e. The number of fused-ring (bicyclic) bond motifs is 1. The van der Waals surface area contributed by atoms with E-state index >= 15 is 0 Å². The number of ether oxygens (including phenoxy) is 6. The van der Waals surface area contributed by atoms with Gasteiger partial charge in [-0.1, -0.05) is 51.1 Å². The smallest absolute Gasteiger partial charge is 0.263 e. The van der Waals surface area contributed by atoms with Crippen LogP contribution in [0.25, 0.3) is 11.4 Å². The quantitative estimate of drug-likeness (QED) is 0.251. The Kier molecular flexibility index (Phi) is 8.32. The Balaban J connectivity index is 1.46. The minimum atomic E-state index is -4.11. The van der Waals surface area contributed by atoms with Crippen LogP contribution in [0.4, 0.5) is 5.82 Å². The lowest BCUT2D eigenvalue weighted by Gasteiger charge is -2.31. The second kappa shape index (κ2) is 12.2. The summed E-state index contributed by atoms with van der Waals surface area (Å²) < 4.78 is 64.6. The van der Waals surface area contributed by atoms with E-state index in [0.717, 1.165) is 5.57 Å². The van der Waals surface area contributed by atoms with Crippen molar-refractivity contribution in [3.8, 4) is 46.0 Å². The number of anilines is 1. The zero-order valence-electron chi connectivity index (χ0n) is 26.4. The maximum atomic E-state index is 14.2. The van der Waals surface area contributed by atoms with E-state index < -0.39 is 14.8 Å². The Bertz CT molecular complexity index is 1820. The molecule has 2 aromatic carbocycles. The first-order valence-corrected chi connectivity index (χ1v) is 16.4. The summed E-state index contributed by atoms with van der Waals surface area (Å²) in [5.74, 6) is 1.91. The van der Waals surface area contributed by atoms with E-state index in [1.807, 2.05) is 18.2 Å². The molecule has 0 fully saturated rings. The maximum Gasteiger partial charge on any atom is 0.263 e. The molecule has 242 valence electrons. The number of methoxy groups -OCH3 is 1. The Labute approximate surface area is 268 Å². The van der Waals surface area contributed by atoms with E-state index in [4.69, 9.17) is 38.4 Å². The van der Waals surface area contributed by atoms with Gasteiger partial charge in [0.05, 0.1) is 13.4 Å². The molecule has 0 amide bonds. The molecule has 0 radical (unpaired) electrons. The van der Waals surface area contributed by atoms with E-state index in [0.29, 0.717) is 35.0 Å². The monoisotopic (exact) mass is 647 g/mol. The van der Waals surface area contributed by atoms with Gasteiger partial charge in [-0.3, -0.25) is 4.72 Å². The van der Waals surface area contributed by atoms with Crippen molar-refractivity contribution in [2.24, 2.45) is 5.41 Å². The van der Waals surface area contributed by atoms with Gasteiger partial charge in [-0.2, -0.15) is 4.98 Å². The molecule has 3 aliphatic rings. The molecular weight excluding hydrogens is 610 g/mol. The molecule has 12 heteroatoms. The third-order valence-electron chi connectivity index (χ3n) is 7.97. The van der Waals surface area contributed by atoms with Crippen molar-refractivity contribution in [2.75, 3.05) is 25.2 Å². The third-order valence-corrected chi connectivity index (χ3v) is 9.96. The molecule has 6 rings (SSSR count). The fourth-order valence-corrected chi connectivity index (χ4v) is 6.27. The Hall–Kier alpha value is -4.71. The second-order valence-electron chi connectivity index (χ2n) is 12.4. The van der Waals surface area contributed by atoms with Crippen LogP contribution in [0.5, 0.6) is 34.6 Å². The topological polar surface area (TPSA) is 127 Å². The van der Waals surface area contributed by atoms with Crippen molar-refractivity contribution >= 4 is 15.8 Å². The van der Waals surface area contributed by atoms with Crippen molar-refractivity contribution in [2.45, 2.75) is 51.4 Å². The highest BCUT2D eigenvalue weighted by atomic mass is 32.2. The first-order chi connectivity index (χ1) is 22.0. The summed E-state index contributed by atoms with van der Waals surface area (Å²) in [6.45, 7) is 8.16. The summed E-state index contributed by atoms with van der Waals surface area (Å²) in [6.07, 6.45) is 9.74. The number of aromatic nitrogens is 2. The lowest BCUT2D eigenvalue weighted by atomic mass is 9.82. The third kappa shape index (κ3) is 6.34. The van der Waals surface area contributed by atoms with Crippen LogP contribution in [0.1, 0.15) is 40.5 Å². The first kappa shape index (κ1) is 31.3. The number of sulfonamides is 1. The van der Waals surface area contributed by atoms with Gasteiger partial charge in [0.15, 0.2) is 34.6 Å². The van der Waals surface area contributed by atoms with Crippen LogP contribution < -0.4 is 28.4 Å². The van der Waals surface area contributed by atoms with Crippen LogP contribution in [0, 0.1) is 5.41 Å². The van der Waals surface area contributed by atoms with Gasteiger partial charge in [-0.15, -0.1) is 0 Å². The van der Waals surface area contributed by atoms with Crippen LogP contribution >= 0.6 is 0 Å². The van der Waals surface area contributed by atoms with Crippen LogP contribution in [0.3, 0.4) is 0 Å². The van der Waals surface area contributed by atoms with Gasteiger partial charge >= 0.3 is 0 Å². The van der Waals surface area contributed by atoms with E-state index in [2.05, 4.69) is 25.5 Å². The number of nitrogens with zero attached hydrogens (tertiary/aromatic N) is 2. The predicted octanol–water partition coefficient (Wildman–Crippen LogP) is 6.79. The zero-order valence-corrected chi connectivity index (χ0v) is 27.2. The van der Waals surface area contributed by atoms with Crippen molar-refractivity contribution in [3.05, 3.63) is 78.6 Å². The fourth-order valence-electron chi connectivity index (χ4n) is 5.09. The van der Waals surface area contributed by atoms with Crippen LogP contribution in [-0.2, 0) is 14.8 Å². The van der Waals surface area contributed by atoms with Crippen LogP contribution in [-0.4, -0.2) is 49.7 Å². The minimum absolute atomic E-state index is 0.0148. The molecular formula is C34H37N3O8S. The van der Waals surface area contributed by atoms with Crippen molar-refractivity contribution < 1.29 is 36.8 Å². The second-order valence-corrected chi connectivity index (χ2v) is 14.5. The van der Waals surface area contributed by atoms with Gasteiger partial charge in [-0.25, -0.2) is 13.4 Å². The number of hydrogen-bond donors (Lipinski definition) is 1. The lowest BCUT2D eigenvalue weighted by Crippen LogP contribution is -2.39. The highest BCUT2D eigenvalue weighted by Crippen LogP contribution is 2.44. The molecule has 0 spiro atoms. The van der Waals surface area contributed by atoms with Gasteiger partial charge in [0.1, 0.15) is 17.5 Å². The van der Waals surface area contributed by atoms with E-state index in [1.165, 1.54) is 7.11 Å². The number of hydrogen-bond acceptors (Lipinski definition) is 10. The number of nitrogens with one attached hydrogen (secondary N) is 1. The summed E-state index contributed by atoms with van der Waals surface area (Å²) in [6, 6.07) is 12.2. The number of benzene rings is 2. The van der Waals surface area contributed by atoms with E-state index in [9.17, 15) is 8.42 Å². The minimum Gasteiger partial charge on any atom is -0.494 e. The normalized spacial score (nSPS) is 20.2. The molecule has 1 N–H and O–H groups in total. The molecule has 1 aromatic heterocycles. The van der Waals surface area contributed by atoms with Gasteiger partial charge < -0.3 is 28.4 Å². The lowest BCUT2D eigenvalue weighted by molar-refractivity contribution is 0.104. The standard InChI is InChI=1S/C34H37N3O8S/c1-33(2,3)23-14-16-34(4,17-15-23)46(38,39)37-31-29(45-27-11-7-6-10-25(27)40-5)32(42-20-24-9-8-18-41-24)36-30(35-31)22-12-13-26-28(19-22)44-21-43-26/h6-8,10-16,18-19,24H,9,17,20-21H2,1-5H3,(H,35,36,37). The molecule has 3 aromatic rings. The molecule has 3 heterocycles. The van der Waals surface area contributed by atoms with Gasteiger partial charge in [0.2, 0.25) is 22.6 Å². The molecule has 0 bridgehead atoms. The van der Waals surface area contributed by atoms with E-state index in [-0.39, 0.29) is 54.6 Å². The molecule has 0 saturated carbocycles. The van der Waals surface area contributed by atoms with E-state index in [1.54, 1.807) is 61.7 Å². The summed E-state index contributed by atoms with van der Waals surface area (Å²) in [5.41, 5.74) is 1.49. The molecule has 46 heavy (non-hydrogen) atoms. The molecule has 2 atom stereocenters. The molecule has 0 saturated heterocycles. The zero-order chi connectivity index (χ0) is 32.5. The number of rotatable bonds is 10. The maximum absolute atomic E-state index is 14.2. The highest BCUT2D eigenvalue weighted by molar-refractivity contribution is 7.94. The van der Waals surface area contributed by atoms with Crippen molar-refractivity contribution in [3.63, 3.8) is 0 Å². The van der Waals surface area contributed by atoms with Gasteiger partial charge in [-0.05, 0) is 60.7 Å². The fraction of sp³-hybridized carbons (Fsp3) is 0.353. The van der Waals surface area contributed by atoms with Gasteiger partial charge in [0.25, 0.3) is 5.88 Å². The Morgan fingerprint density at radius 3 is 2.54 bits per heavy atom. The van der Waals surface area contributed by atoms with Crippen LogP contribution in [0.2, 0.25) is 0 Å². The number of para-hydroxylation sites is 2. The average Bonchev–Trinajstić information content (AvgIpc) is 3.73. The molecule has 2 unspecified atom stereocenters. The summed E-state index contributed by atoms with van der Waals surface area (Å²) >= 11 is 0. The molecule has 11 nitrogen and oxygen atoms in total. The Morgan fingerprint density at radius 2 is 1.85 bits per heavy atom. The molecule has 1 aliphatic carbocycles. The Morgan fingerprint density at radius 1 is 1.07 bits per heavy atom. The summed E-state index contributed by atoms with van der Waals surface area (Å²) in [4.78, 5) is 9.41. The SMILES string of the molecule is COc1ccccc1Oc1c(NS(=O)(=O)C2(C)C=CC(C(C)(C)C)=CC2)nc(-c2ccc3c(c2)OCO3)nc1OCC1CC=CO1. The molecule has 2 aliphatic heterocycles. The summed E-state index contributed by atoms with van der Waals surface area (Å²) in [5, 5.41) is 0. The first-order valence-electron chi connectivity index (χ1n) is 14.9. The number of allylic oxidation sites excluding steroid dienone is 3. The van der Waals surface area contributed by atoms with Crippen LogP contribution in [0.15, 0.2) is 78.6 Å². The van der Waals surface area contributed by atoms with Gasteiger partial charge in [0, 0.05) is 12.0 Å². The average molecular weight is 648 g/mol. The highest BCUT2D eigenvalue weighted by Gasteiger charge is 2.40.